The van der Waals surface area contributed by atoms with Crippen molar-refractivity contribution in [1.82, 2.24) is 0 Å². The fourth-order valence-corrected chi connectivity index (χ4v) is 3.51. The largest absolute Gasteiger partial charge is 0.497 e. The number of rotatable bonds is 11. The van der Waals surface area contributed by atoms with E-state index in [-0.39, 0.29) is 24.3 Å². The molecular formula is C22H34O6. The van der Waals surface area contributed by atoms with Gasteiger partial charge in [-0.3, -0.25) is 4.79 Å². The smallest absolute Gasteiger partial charge is 0.308 e. The lowest BCUT2D eigenvalue weighted by molar-refractivity contribution is -0.150. The normalized spacial score (nSPS) is 23.2. The van der Waals surface area contributed by atoms with Crippen molar-refractivity contribution in [2.75, 3.05) is 27.9 Å². The van der Waals surface area contributed by atoms with E-state index in [1.54, 1.807) is 14.2 Å². The van der Waals surface area contributed by atoms with Crippen LogP contribution in [0.1, 0.15) is 44.6 Å². The van der Waals surface area contributed by atoms with Crippen LogP contribution in [0.25, 0.3) is 0 Å². The molecule has 0 bridgehead atoms. The summed E-state index contributed by atoms with van der Waals surface area (Å²) in [4.78, 5) is 11.5. The molecule has 0 N–H and O–H groups in total. The fourth-order valence-electron chi connectivity index (χ4n) is 3.51. The second-order valence-electron chi connectivity index (χ2n) is 7.41. The summed E-state index contributed by atoms with van der Waals surface area (Å²) in [7, 11) is 4.80. The summed E-state index contributed by atoms with van der Waals surface area (Å²) in [5.41, 5.74) is 1.12. The van der Waals surface area contributed by atoms with Crippen molar-refractivity contribution in [3.8, 4) is 5.75 Å². The lowest BCUT2D eigenvalue weighted by Crippen LogP contribution is -2.38. The fraction of sp³-hybridized carbons (Fsp3) is 0.682. The molecule has 1 saturated heterocycles. The Balaban J connectivity index is 1.73. The molecule has 1 aromatic rings. The molecule has 0 saturated carbocycles. The quantitative estimate of drug-likeness (QED) is 0.421. The number of carbonyl (C=O) groups is 1. The lowest BCUT2D eigenvalue weighted by Gasteiger charge is -2.36. The topological polar surface area (TPSA) is 63.2 Å². The third-order valence-corrected chi connectivity index (χ3v) is 5.41. The molecule has 1 aromatic carbocycles. The van der Waals surface area contributed by atoms with Gasteiger partial charge in [0.25, 0.3) is 0 Å². The molecule has 0 spiro atoms. The highest BCUT2D eigenvalue weighted by atomic mass is 16.5. The number of esters is 1. The van der Waals surface area contributed by atoms with Gasteiger partial charge in [-0.05, 0) is 42.9 Å². The van der Waals surface area contributed by atoms with Gasteiger partial charge in [-0.15, -0.1) is 0 Å². The molecule has 4 atom stereocenters. The van der Waals surface area contributed by atoms with Gasteiger partial charge < -0.3 is 23.7 Å². The molecule has 2 rings (SSSR count). The van der Waals surface area contributed by atoms with E-state index >= 15 is 0 Å². The van der Waals surface area contributed by atoms with Crippen molar-refractivity contribution < 1.29 is 28.5 Å². The van der Waals surface area contributed by atoms with Gasteiger partial charge in [0.05, 0.1) is 45.6 Å². The van der Waals surface area contributed by atoms with E-state index in [9.17, 15) is 4.79 Å². The van der Waals surface area contributed by atoms with Gasteiger partial charge in [0, 0.05) is 20.1 Å². The molecule has 158 valence electrons. The van der Waals surface area contributed by atoms with Gasteiger partial charge in [0.1, 0.15) is 5.75 Å². The molecule has 0 aromatic heterocycles. The summed E-state index contributed by atoms with van der Waals surface area (Å²) < 4.78 is 27.6. The molecule has 1 fully saturated rings. The lowest BCUT2D eigenvalue weighted by atomic mass is 9.89. The third kappa shape index (κ3) is 7.41. The summed E-state index contributed by atoms with van der Waals surface area (Å²) in [6.45, 7) is 3.39. The van der Waals surface area contributed by atoms with Crippen molar-refractivity contribution in [3.05, 3.63) is 29.8 Å². The molecule has 6 nitrogen and oxygen atoms in total. The first kappa shape index (κ1) is 22.7. The van der Waals surface area contributed by atoms with E-state index in [0.717, 1.165) is 37.0 Å². The van der Waals surface area contributed by atoms with Gasteiger partial charge >= 0.3 is 5.97 Å². The van der Waals surface area contributed by atoms with Crippen LogP contribution in [0.2, 0.25) is 0 Å². The highest BCUT2D eigenvalue weighted by Gasteiger charge is 2.31. The van der Waals surface area contributed by atoms with Crippen LogP contribution in [0.15, 0.2) is 24.3 Å². The Hall–Kier alpha value is -1.63. The highest BCUT2D eigenvalue weighted by molar-refractivity contribution is 5.69. The van der Waals surface area contributed by atoms with E-state index in [4.69, 9.17) is 23.7 Å². The van der Waals surface area contributed by atoms with Crippen LogP contribution >= 0.6 is 0 Å². The molecule has 6 heteroatoms. The second kappa shape index (κ2) is 12.0. The SMILES string of the molecule is COC(=O)C[C@@H]1CC[C@H](C)[C@@H](C[C@H](CCOCc2ccc(OC)cc2)OC)O1. The third-order valence-electron chi connectivity index (χ3n) is 5.41. The molecule has 1 aliphatic rings. The average Bonchev–Trinajstić information content (AvgIpc) is 2.72. The van der Waals surface area contributed by atoms with Crippen LogP contribution in [0.4, 0.5) is 0 Å². The summed E-state index contributed by atoms with van der Waals surface area (Å²) >= 11 is 0. The molecule has 0 unspecified atom stereocenters. The van der Waals surface area contributed by atoms with E-state index < -0.39 is 0 Å². The second-order valence-corrected chi connectivity index (χ2v) is 7.41. The van der Waals surface area contributed by atoms with E-state index in [1.807, 2.05) is 24.3 Å². The molecule has 28 heavy (non-hydrogen) atoms. The maximum atomic E-state index is 11.5. The van der Waals surface area contributed by atoms with Gasteiger partial charge in [-0.2, -0.15) is 0 Å². The molecule has 1 aliphatic heterocycles. The summed E-state index contributed by atoms with van der Waals surface area (Å²) in [6, 6.07) is 7.88. The zero-order chi connectivity index (χ0) is 20.4. The van der Waals surface area contributed by atoms with Crippen molar-refractivity contribution in [2.45, 2.75) is 63.9 Å². The van der Waals surface area contributed by atoms with Crippen LogP contribution in [0, 0.1) is 5.92 Å². The minimum atomic E-state index is -0.214. The Labute approximate surface area is 168 Å². The summed E-state index contributed by atoms with van der Waals surface area (Å²) in [5, 5.41) is 0. The maximum Gasteiger partial charge on any atom is 0.308 e. The van der Waals surface area contributed by atoms with Crippen LogP contribution in [0.5, 0.6) is 5.75 Å². The minimum absolute atomic E-state index is 0.0579. The van der Waals surface area contributed by atoms with Crippen molar-refractivity contribution in [1.29, 1.82) is 0 Å². The Morgan fingerprint density at radius 3 is 2.57 bits per heavy atom. The van der Waals surface area contributed by atoms with Crippen molar-refractivity contribution in [2.24, 2.45) is 5.92 Å². The summed E-state index contributed by atoms with van der Waals surface area (Å²) in [6.07, 6.45) is 3.99. The molecule has 1 heterocycles. The predicted octanol–water partition coefficient (Wildman–Crippen LogP) is 3.75. The molecule has 0 aliphatic carbocycles. The van der Waals surface area contributed by atoms with Gasteiger partial charge in [-0.1, -0.05) is 19.1 Å². The number of hydrogen-bond acceptors (Lipinski definition) is 6. The predicted molar refractivity (Wildman–Crippen MR) is 106 cm³/mol. The summed E-state index contributed by atoms with van der Waals surface area (Å²) in [5.74, 6) is 1.08. The van der Waals surface area contributed by atoms with Crippen LogP contribution in [-0.4, -0.2) is 52.2 Å². The van der Waals surface area contributed by atoms with Crippen molar-refractivity contribution in [3.63, 3.8) is 0 Å². The molecular weight excluding hydrogens is 360 g/mol. The Bertz CT molecular complexity index is 573. The average molecular weight is 395 g/mol. The number of benzene rings is 1. The first-order chi connectivity index (χ1) is 13.5. The number of ether oxygens (including phenoxy) is 5. The molecule has 0 radical (unpaired) electrons. The number of hydrogen-bond donors (Lipinski definition) is 0. The number of carbonyl (C=O) groups excluding carboxylic acids is 1. The Morgan fingerprint density at radius 2 is 1.93 bits per heavy atom. The monoisotopic (exact) mass is 394 g/mol. The zero-order valence-electron chi connectivity index (χ0n) is 17.5. The van der Waals surface area contributed by atoms with Crippen LogP contribution in [-0.2, 0) is 30.3 Å². The Morgan fingerprint density at radius 1 is 1.18 bits per heavy atom. The first-order valence-corrected chi connectivity index (χ1v) is 10.0. The van der Waals surface area contributed by atoms with Crippen LogP contribution < -0.4 is 4.74 Å². The Kier molecular flexibility index (Phi) is 9.75. The molecule has 0 amide bonds. The van der Waals surface area contributed by atoms with E-state index in [2.05, 4.69) is 6.92 Å². The number of methoxy groups -OCH3 is 3. The van der Waals surface area contributed by atoms with E-state index in [1.165, 1.54) is 7.11 Å². The van der Waals surface area contributed by atoms with Gasteiger partial charge in [-0.25, -0.2) is 0 Å². The standard InChI is InChI=1S/C22H34O6/c1-16-5-8-20(14-22(23)26-4)28-21(16)13-19(25-3)11-12-27-15-17-6-9-18(24-2)10-7-17/h6-7,9-10,16,19-21H,5,8,11-15H2,1-4H3/t16-,19-,20-,21+/m0/s1. The van der Waals surface area contributed by atoms with Gasteiger partial charge in [0.2, 0.25) is 0 Å². The van der Waals surface area contributed by atoms with Crippen LogP contribution in [0.3, 0.4) is 0 Å². The zero-order valence-corrected chi connectivity index (χ0v) is 17.5. The first-order valence-electron chi connectivity index (χ1n) is 10.0. The highest BCUT2D eigenvalue weighted by Crippen LogP contribution is 2.30. The van der Waals surface area contributed by atoms with Crippen molar-refractivity contribution >= 4 is 5.97 Å². The van der Waals surface area contributed by atoms with E-state index in [0.29, 0.717) is 25.6 Å². The van der Waals surface area contributed by atoms with Gasteiger partial charge in [0.15, 0.2) is 0 Å². The maximum absolute atomic E-state index is 11.5. The minimum Gasteiger partial charge on any atom is -0.497 e.